The molecule has 2 heterocycles. The van der Waals surface area contributed by atoms with Gasteiger partial charge in [0.05, 0.1) is 12.7 Å². The van der Waals surface area contributed by atoms with Gasteiger partial charge in [-0.25, -0.2) is 0 Å². The van der Waals surface area contributed by atoms with E-state index < -0.39 is 0 Å². The summed E-state index contributed by atoms with van der Waals surface area (Å²) in [6.45, 7) is 1.77. The molecule has 2 atom stereocenters. The van der Waals surface area contributed by atoms with E-state index in [-0.39, 0.29) is 6.04 Å². The van der Waals surface area contributed by atoms with Crippen molar-refractivity contribution < 1.29 is 9.47 Å². The van der Waals surface area contributed by atoms with Crippen LogP contribution in [0.4, 0.5) is 0 Å². The number of hydrogen-bond donors (Lipinski definition) is 1. The molecule has 1 fully saturated rings. The first-order valence-electron chi connectivity index (χ1n) is 7.96. The number of aryl methyl sites for hydroxylation is 1. The fourth-order valence-electron chi connectivity index (χ4n) is 3.18. The van der Waals surface area contributed by atoms with Crippen LogP contribution in [0.5, 0.6) is 5.75 Å². The molecule has 20 heavy (non-hydrogen) atoms. The standard InChI is InChI=1S/C17H25NO2/c18-16(8-7-15-5-1-2-10-19-15)13-6-9-17-14(12-13)4-3-11-20-17/h6,9,12,15-16H,1-5,7-8,10-11,18H2. The highest BCUT2D eigenvalue weighted by Crippen LogP contribution is 2.29. The Morgan fingerprint density at radius 3 is 3.00 bits per heavy atom. The Hall–Kier alpha value is -1.06. The molecule has 0 radical (unpaired) electrons. The molecule has 0 aromatic heterocycles. The highest BCUT2D eigenvalue weighted by Gasteiger charge is 2.17. The predicted molar refractivity (Wildman–Crippen MR) is 80.0 cm³/mol. The number of rotatable bonds is 4. The molecule has 0 saturated carbocycles. The zero-order valence-electron chi connectivity index (χ0n) is 12.1. The van der Waals surface area contributed by atoms with Gasteiger partial charge in [-0.15, -0.1) is 0 Å². The van der Waals surface area contributed by atoms with E-state index in [1.807, 2.05) is 0 Å². The summed E-state index contributed by atoms with van der Waals surface area (Å²) in [7, 11) is 0. The van der Waals surface area contributed by atoms with Crippen LogP contribution in [-0.4, -0.2) is 19.3 Å². The topological polar surface area (TPSA) is 44.5 Å². The zero-order valence-corrected chi connectivity index (χ0v) is 12.1. The minimum Gasteiger partial charge on any atom is -0.493 e. The molecule has 0 aliphatic carbocycles. The van der Waals surface area contributed by atoms with Gasteiger partial charge in [0.1, 0.15) is 5.75 Å². The minimum absolute atomic E-state index is 0.118. The van der Waals surface area contributed by atoms with Crippen LogP contribution in [0.25, 0.3) is 0 Å². The van der Waals surface area contributed by atoms with Crippen LogP contribution in [0, 0.1) is 0 Å². The maximum Gasteiger partial charge on any atom is 0.122 e. The van der Waals surface area contributed by atoms with Gasteiger partial charge < -0.3 is 15.2 Å². The van der Waals surface area contributed by atoms with Crippen LogP contribution in [0.2, 0.25) is 0 Å². The average Bonchev–Trinajstić information content (AvgIpc) is 2.53. The van der Waals surface area contributed by atoms with Crippen LogP contribution in [0.3, 0.4) is 0 Å². The maximum absolute atomic E-state index is 6.35. The van der Waals surface area contributed by atoms with Gasteiger partial charge in [-0.2, -0.15) is 0 Å². The third-order valence-corrected chi connectivity index (χ3v) is 4.43. The fraction of sp³-hybridized carbons (Fsp3) is 0.647. The second kappa shape index (κ2) is 6.59. The van der Waals surface area contributed by atoms with Crippen LogP contribution >= 0.6 is 0 Å². The number of benzene rings is 1. The molecule has 3 rings (SSSR count). The van der Waals surface area contributed by atoms with Crippen LogP contribution < -0.4 is 10.5 Å². The monoisotopic (exact) mass is 275 g/mol. The summed E-state index contributed by atoms with van der Waals surface area (Å²) in [6.07, 6.45) is 8.45. The predicted octanol–water partition coefficient (Wildman–Crippen LogP) is 3.36. The average molecular weight is 275 g/mol. The molecule has 1 aromatic rings. The van der Waals surface area contributed by atoms with E-state index in [1.165, 1.54) is 30.4 Å². The van der Waals surface area contributed by atoms with Gasteiger partial charge in [-0.3, -0.25) is 0 Å². The van der Waals surface area contributed by atoms with Crippen LogP contribution in [0.1, 0.15) is 55.7 Å². The van der Waals surface area contributed by atoms with Crippen molar-refractivity contribution in [2.45, 2.75) is 57.1 Å². The molecule has 2 N–H and O–H groups in total. The first-order chi connectivity index (χ1) is 9.83. The Kier molecular flexibility index (Phi) is 4.58. The van der Waals surface area contributed by atoms with Gasteiger partial charge in [-0.05, 0) is 62.1 Å². The second-order valence-corrected chi connectivity index (χ2v) is 5.99. The molecule has 110 valence electrons. The molecule has 1 saturated heterocycles. The molecule has 0 amide bonds. The Balaban J connectivity index is 1.57. The third-order valence-electron chi connectivity index (χ3n) is 4.43. The van der Waals surface area contributed by atoms with Crippen LogP contribution in [0.15, 0.2) is 18.2 Å². The van der Waals surface area contributed by atoms with E-state index >= 15 is 0 Å². The second-order valence-electron chi connectivity index (χ2n) is 5.99. The number of hydrogen-bond acceptors (Lipinski definition) is 3. The summed E-state index contributed by atoms with van der Waals surface area (Å²) >= 11 is 0. The van der Waals surface area contributed by atoms with Gasteiger partial charge in [0.15, 0.2) is 0 Å². The molecule has 3 nitrogen and oxygen atoms in total. The van der Waals surface area contributed by atoms with Gasteiger partial charge in [0, 0.05) is 12.6 Å². The lowest BCUT2D eigenvalue weighted by Crippen LogP contribution is -2.21. The normalized spacial score (nSPS) is 23.8. The van der Waals surface area contributed by atoms with Crippen molar-refractivity contribution in [2.24, 2.45) is 5.73 Å². The summed E-state index contributed by atoms with van der Waals surface area (Å²) in [6, 6.07) is 6.56. The molecule has 2 unspecified atom stereocenters. The van der Waals surface area contributed by atoms with Crippen molar-refractivity contribution in [3.05, 3.63) is 29.3 Å². The quantitative estimate of drug-likeness (QED) is 0.916. The highest BCUT2D eigenvalue weighted by atomic mass is 16.5. The van der Waals surface area contributed by atoms with Gasteiger partial charge in [-0.1, -0.05) is 12.1 Å². The van der Waals surface area contributed by atoms with E-state index in [9.17, 15) is 0 Å². The number of nitrogens with two attached hydrogens (primary N) is 1. The van der Waals surface area contributed by atoms with Gasteiger partial charge in [0.2, 0.25) is 0 Å². The van der Waals surface area contributed by atoms with Crippen LogP contribution in [-0.2, 0) is 11.2 Å². The minimum atomic E-state index is 0.118. The van der Waals surface area contributed by atoms with Gasteiger partial charge in [0.25, 0.3) is 0 Å². The number of ether oxygens (including phenoxy) is 2. The summed E-state index contributed by atoms with van der Waals surface area (Å²) < 4.78 is 11.4. The first-order valence-corrected chi connectivity index (χ1v) is 7.96. The van der Waals surface area contributed by atoms with E-state index in [2.05, 4.69) is 18.2 Å². The SMILES string of the molecule is NC(CCC1CCCCO1)c1ccc2c(c1)CCCO2. The van der Waals surface area contributed by atoms with Crippen molar-refractivity contribution in [3.8, 4) is 5.75 Å². The third kappa shape index (κ3) is 3.33. The van der Waals surface area contributed by atoms with Crippen molar-refractivity contribution in [2.75, 3.05) is 13.2 Å². The zero-order chi connectivity index (χ0) is 13.8. The Labute approximate surface area is 121 Å². The maximum atomic E-state index is 6.35. The van der Waals surface area contributed by atoms with E-state index in [0.717, 1.165) is 44.6 Å². The summed E-state index contributed by atoms with van der Waals surface area (Å²) in [5.41, 5.74) is 8.91. The molecule has 2 aliphatic heterocycles. The fourth-order valence-corrected chi connectivity index (χ4v) is 3.18. The van der Waals surface area contributed by atoms with E-state index in [0.29, 0.717) is 6.10 Å². The lowest BCUT2D eigenvalue weighted by Gasteiger charge is -2.24. The Morgan fingerprint density at radius 2 is 2.15 bits per heavy atom. The van der Waals surface area contributed by atoms with E-state index in [1.54, 1.807) is 0 Å². The van der Waals surface area contributed by atoms with Crippen molar-refractivity contribution >= 4 is 0 Å². The lowest BCUT2D eigenvalue weighted by molar-refractivity contribution is 0.00912. The van der Waals surface area contributed by atoms with Gasteiger partial charge >= 0.3 is 0 Å². The van der Waals surface area contributed by atoms with Crippen molar-refractivity contribution in [1.29, 1.82) is 0 Å². The number of fused-ring (bicyclic) bond motifs is 1. The summed E-state index contributed by atoms with van der Waals surface area (Å²) in [5, 5.41) is 0. The molecule has 1 aromatic carbocycles. The molecular weight excluding hydrogens is 250 g/mol. The van der Waals surface area contributed by atoms with Crippen molar-refractivity contribution in [3.63, 3.8) is 0 Å². The van der Waals surface area contributed by atoms with Crippen molar-refractivity contribution in [1.82, 2.24) is 0 Å². The van der Waals surface area contributed by atoms with E-state index in [4.69, 9.17) is 15.2 Å². The molecule has 0 bridgehead atoms. The smallest absolute Gasteiger partial charge is 0.122 e. The Morgan fingerprint density at radius 1 is 1.20 bits per heavy atom. The summed E-state index contributed by atoms with van der Waals surface area (Å²) in [5.74, 6) is 1.04. The molecular formula is C17H25NO2. The largest absolute Gasteiger partial charge is 0.493 e. The summed E-state index contributed by atoms with van der Waals surface area (Å²) in [4.78, 5) is 0. The first kappa shape index (κ1) is 13.9. The lowest BCUT2D eigenvalue weighted by atomic mass is 9.95. The molecule has 2 aliphatic rings. The molecule has 3 heteroatoms. The molecule has 0 spiro atoms. The Bertz CT molecular complexity index is 441. The highest BCUT2D eigenvalue weighted by molar-refractivity contribution is 5.39.